The molecule has 0 aliphatic carbocycles. The minimum atomic E-state index is -0.132. The molecule has 14 heavy (non-hydrogen) atoms. The number of carbonyl (C=O) groups is 1. The van der Waals surface area contributed by atoms with Crippen molar-refractivity contribution < 1.29 is 4.79 Å². The zero-order valence-electron chi connectivity index (χ0n) is 8.63. The number of carbonyl (C=O) groups excluding carboxylic acids is 1. The van der Waals surface area contributed by atoms with Crippen LogP contribution in [0, 0.1) is 6.92 Å². The Hall–Kier alpha value is -1.10. The van der Waals surface area contributed by atoms with Gasteiger partial charge in [0.2, 0.25) is 0 Å². The molecule has 78 valence electrons. The van der Waals surface area contributed by atoms with Gasteiger partial charge in [0.15, 0.2) is 0 Å². The lowest BCUT2D eigenvalue weighted by Crippen LogP contribution is -2.38. The van der Waals surface area contributed by atoms with Gasteiger partial charge in [-0.15, -0.1) is 11.3 Å². The second-order valence-corrected chi connectivity index (χ2v) is 4.28. The number of aromatic nitrogens is 1. The molecule has 1 aromatic rings. The summed E-state index contributed by atoms with van der Waals surface area (Å²) in [6.07, 6.45) is 0. The van der Waals surface area contributed by atoms with Crippen molar-refractivity contribution in [3.63, 3.8) is 0 Å². The van der Waals surface area contributed by atoms with Gasteiger partial charge >= 0.3 is 6.03 Å². The Balaban J connectivity index is 2.34. The first-order valence-electron chi connectivity index (χ1n) is 4.53. The van der Waals surface area contributed by atoms with Crippen molar-refractivity contribution in [1.29, 1.82) is 0 Å². The highest BCUT2D eigenvalue weighted by Gasteiger charge is 2.04. The Morgan fingerprint density at radius 3 is 2.86 bits per heavy atom. The molecule has 0 fully saturated rings. The average Bonchev–Trinajstić information content (AvgIpc) is 2.46. The average molecular weight is 213 g/mol. The van der Waals surface area contributed by atoms with Gasteiger partial charge in [-0.25, -0.2) is 9.78 Å². The highest BCUT2D eigenvalue weighted by atomic mass is 32.1. The predicted molar refractivity (Wildman–Crippen MR) is 57.4 cm³/mol. The SMILES string of the molecule is Cc1ncsc1CNC(=O)NC(C)C. The summed E-state index contributed by atoms with van der Waals surface area (Å²) in [5, 5.41) is 5.54. The number of hydrogen-bond acceptors (Lipinski definition) is 3. The lowest BCUT2D eigenvalue weighted by atomic mass is 10.4. The minimum absolute atomic E-state index is 0.132. The Kier molecular flexibility index (Phi) is 3.88. The molecule has 2 amide bonds. The van der Waals surface area contributed by atoms with Gasteiger partial charge in [0.25, 0.3) is 0 Å². The molecule has 0 saturated heterocycles. The van der Waals surface area contributed by atoms with Crippen molar-refractivity contribution in [1.82, 2.24) is 15.6 Å². The number of urea groups is 1. The van der Waals surface area contributed by atoms with Gasteiger partial charge in [0.1, 0.15) is 0 Å². The summed E-state index contributed by atoms with van der Waals surface area (Å²) in [6.45, 7) is 6.35. The van der Waals surface area contributed by atoms with Crippen LogP contribution in [-0.4, -0.2) is 17.1 Å². The van der Waals surface area contributed by atoms with Crippen molar-refractivity contribution >= 4 is 17.4 Å². The molecular weight excluding hydrogens is 198 g/mol. The first-order chi connectivity index (χ1) is 6.59. The topological polar surface area (TPSA) is 54.0 Å². The van der Waals surface area contributed by atoms with Crippen LogP contribution in [0.1, 0.15) is 24.4 Å². The fourth-order valence-electron chi connectivity index (χ4n) is 0.970. The van der Waals surface area contributed by atoms with E-state index in [1.165, 1.54) is 0 Å². The molecule has 5 heteroatoms. The number of amides is 2. The van der Waals surface area contributed by atoms with E-state index >= 15 is 0 Å². The van der Waals surface area contributed by atoms with Crippen molar-refractivity contribution in [2.24, 2.45) is 0 Å². The second-order valence-electron chi connectivity index (χ2n) is 3.34. The Morgan fingerprint density at radius 2 is 2.36 bits per heavy atom. The van der Waals surface area contributed by atoms with E-state index in [4.69, 9.17) is 0 Å². The Labute approximate surface area is 87.7 Å². The third kappa shape index (κ3) is 3.33. The van der Waals surface area contributed by atoms with Crippen LogP contribution in [0.15, 0.2) is 5.51 Å². The molecular formula is C9H15N3OS. The first kappa shape index (κ1) is 11.0. The van der Waals surface area contributed by atoms with E-state index in [0.717, 1.165) is 10.6 Å². The van der Waals surface area contributed by atoms with Gasteiger partial charge in [0, 0.05) is 10.9 Å². The zero-order chi connectivity index (χ0) is 10.6. The summed E-state index contributed by atoms with van der Waals surface area (Å²) in [7, 11) is 0. The number of nitrogens with one attached hydrogen (secondary N) is 2. The van der Waals surface area contributed by atoms with Crippen LogP contribution in [0.5, 0.6) is 0 Å². The van der Waals surface area contributed by atoms with Crippen molar-refractivity contribution in [3.05, 3.63) is 16.1 Å². The molecule has 1 aromatic heterocycles. The maximum atomic E-state index is 11.2. The van der Waals surface area contributed by atoms with Gasteiger partial charge in [-0.2, -0.15) is 0 Å². The van der Waals surface area contributed by atoms with E-state index in [1.807, 2.05) is 20.8 Å². The van der Waals surface area contributed by atoms with Crippen LogP contribution in [-0.2, 0) is 6.54 Å². The lowest BCUT2D eigenvalue weighted by molar-refractivity contribution is 0.238. The molecule has 0 aromatic carbocycles. The minimum Gasteiger partial charge on any atom is -0.336 e. The van der Waals surface area contributed by atoms with Crippen LogP contribution < -0.4 is 10.6 Å². The zero-order valence-corrected chi connectivity index (χ0v) is 9.44. The summed E-state index contributed by atoms with van der Waals surface area (Å²) >= 11 is 1.56. The highest BCUT2D eigenvalue weighted by Crippen LogP contribution is 2.10. The largest absolute Gasteiger partial charge is 0.336 e. The molecule has 0 spiro atoms. The predicted octanol–water partition coefficient (Wildman–Crippen LogP) is 1.66. The van der Waals surface area contributed by atoms with E-state index in [0.29, 0.717) is 6.54 Å². The summed E-state index contributed by atoms with van der Waals surface area (Å²) in [4.78, 5) is 16.4. The standard InChI is InChI=1S/C9H15N3OS/c1-6(2)12-9(13)10-4-8-7(3)11-5-14-8/h5-6H,4H2,1-3H3,(H2,10,12,13). The Bertz CT molecular complexity index is 309. The van der Waals surface area contributed by atoms with Gasteiger partial charge in [-0.05, 0) is 20.8 Å². The lowest BCUT2D eigenvalue weighted by Gasteiger charge is -2.09. The van der Waals surface area contributed by atoms with Crippen molar-refractivity contribution in [2.45, 2.75) is 33.4 Å². The molecule has 1 rings (SSSR count). The summed E-state index contributed by atoms with van der Waals surface area (Å²) in [5.74, 6) is 0. The summed E-state index contributed by atoms with van der Waals surface area (Å²) < 4.78 is 0. The Morgan fingerprint density at radius 1 is 1.64 bits per heavy atom. The fraction of sp³-hybridized carbons (Fsp3) is 0.556. The maximum Gasteiger partial charge on any atom is 0.315 e. The van der Waals surface area contributed by atoms with Gasteiger partial charge in [-0.3, -0.25) is 0 Å². The number of hydrogen-bond donors (Lipinski definition) is 2. The molecule has 0 aliphatic rings. The third-order valence-electron chi connectivity index (χ3n) is 1.67. The van der Waals surface area contributed by atoms with E-state index in [9.17, 15) is 4.79 Å². The fourth-order valence-corrected chi connectivity index (χ4v) is 1.69. The molecule has 0 radical (unpaired) electrons. The van der Waals surface area contributed by atoms with Gasteiger partial charge < -0.3 is 10.6 Å². The molecule has 4 nitrogen and oxygen atoms in total. The highest BCUT2D eigenvalue weighted by molar-refractivity contribution is 7.09. The van der Waals surface area contributed by atoms with E-state index < -0.39 is 0 Å². The number of thiazole rings is 1. The van der Waals surface area contributed by atoms with E-state index in [2.05, 4.69) is 15.6 Å². The molecule has 0 atom stereocenters. The van der Waals surface area contributed by atoms with Crippen LogP contribution in [0.4, 0.5) is 4.79 Å². The van der Waals surface area contributed by atoms with Crippen LogP contribution in [0.2, 0.25) is 0 Å². The van der Waals surface area contributed by atoms with E-state index in [1.54, 1.807) is 16.8 Å². The maximum absolute atomic E-state index is 11.2. The van der Waals surface area contributed by atoms with Gasteiger partial charge in [0.05, 0.1) is 17.7 Å². The van der Waals surface area contributed by atoms with Crippen LogP contribution in [0.25, 0.3) is 0 Å². The number of nitrogens with zero attached hydrogens (tertiary/aromatic N) is 1. The number of aryl methyl sites for hydroxylation is 1. The molecule has 0 bridgehead atoms. The molecule has 2 N–H and O–H groups in total. The quantitative estimate of drug-likeness (QED) is 0.802. The molecule has 1 heterocycles. The van der Waals surface area contributed by atoms with Crippen molar-refractivity contribution in [3.8, 4) is 0 Å². The number of rotatable bonds is 3. The summed E-state index contributed by atoms with van der Waals surface area (Å²) in [6, 6.07) is 0.0327. The van der Waals surface area contributed by atoms with Crippen molar-refractivity contribution in [2.75, 3.05) is 0 Å². The van der Waals surface area contributed by atoms with E-state index in [-0.39, 0.29) is 12.1 Å². The second kappa shape index (κ2) is 4.95. The smallest absolute Gasteiger partial charge is 0.315 e. The third-order valence-corrected chi connectivity index (χ3v) is 2.61. The monoisotopic (exact) mass is 213 g/mol. The van der Waals surface area contributed by atoms with Crippen LogP contribution in [0.3, 0.4) is 0 Å². The molecule has 0 unspecified atom stereocenters. The normalized spacial score (nSPS) is 10.3. The van der Waals surface area contributed by atoms with Gasteiger partial charge in [-0.1, -0.05) is 0 Å². The first-order valence-corrected chi connectivity index (χ1v) is 5.41. The van der Waals surface area contributed by atoms with Crippen LogP contribution >= 0.6 is 11.3 Å². The summed E-state index contributed by atoms with van der Waals surface area (Å²) in [5.41, 5.74) is 2.77. The molecule has 0 aliphatic heterocycles. The molecule has 0 saturated carbocycles.